The van der Waals surface area contributed by atoms with Gasteiger partial charge in [0.2, 0.25) is 10.0 Å². The number of carbonyl (C=O) groups is 1. The Morgan fingerprint density at radius 1 is 1.06 bits per heavy atom. The van der Waals surface area contributed by atoms with Crippen molar-refractivity contribution >= 4 is 27.4 Å². The number of nitrogens with one attached hydrogen (secondary N) is 2. The van der Waals surface area contributed by atoms with Gasteiger partial charge in [0.15, 0.2) is 0 Å². The van der Waals surface area contributed by atoms with Gasteiger partial charge in [-0.2, -0.15) is 17.5 Å². The number of carbonyl (C=O) groups excluding carboxylic acids is 1. The molecule has 0 unspecified atom stereocenters. The lowest BCUT2D eigenvalue weighted by Gasteiger charge is -2.35. The van der Waals surface area contributed by atoms with Gasteiger partial charge in [-0.05, 0) is 42.5 Å². The zero-order chi connectivity index (χ0) is 24.1. The van der Waals surface area contributed by atoms with Gasteiger partial charge in [0.05, 0.1) is 18.4 Å². The third kappa shape index (κ3) is 6.75. The van der Waals surface area contributed by atoms with E-state index in [1.165, 1.54) is 16.4 Å². The molecular weight excluding hydrogens is 461 g/mol. The Bertz CT molecular complexity index is 1050. The lowest BCUT2D eigenvalue weighted by Crippen LogP contribution is -2.50. The van der Waals surface area contributed by atoms with Crippen molar-refractivity contribution in [3.05, 3.63) is 54.1 Å². The molecule has 0 aliphatic carbocycles. The first-order valence-electron chi connectivity index (χ1n) is 10.2. The maximum Gasteiger partial charge on any atom is 0.416 e. The lowest BCUT2D eigenvalue weighted by molar-refractivity contribution is -0.137. The van der Waals surface area contributed by atoms with Crippen LogP contribution in [0.2, 0.25) is 0 Å². The van der Waals surface area contributed by atoms with Gasteiger partial charge in [0.25, 0.3) is 0 Å². The fraction of sp³-hybridized carbons (Fsp3) is 0.381. The summed E-state index contributed by atoms with van der Waals surface area (Å²) in [6.45, 7) is 1.49. The van der Waals surface area contributed by atoms with Crippen LogP contribution in [0.1, 0.15) is 5.56 Å². The van der Waals surface area contributed by atoms with Gasteiger partial charge in [-0.15, -0.1) is 0 Å². The fourth-order valence-corrected chi connectivity index (χ4v) is 4.73. The van der Waals surface area contributed by atoms with E-state index in [1.807, 2.05) is 24.3 Å². The van der Waals surface area contributed by atoms with Crippen molar-refractivity contribution in [2.24, 2.45) is 0 Å². The monoisotopic (exact) mass is 486 g/mol. The zero-order valence-corrected chi connectivity index (χ0v) is 18.7. The first-order valence-corrected chi connectivity index (χ1v) is 11.8. The second-order valence-corrected chi connectivity index (χ2v) is 9.45. The number of hydrogen-bond acceptors (Lipinski definition) is 5. The number of benzene rings is 2. The van der Waals surface area contributed by atoms with E-state index in [9.17, 15) is 26.4 Å². The number of sulfonamides is 1. The first kappa shape index (κ1) is 24.6. The van der Waals surface area contributed by atoms with Crippen molar-refractivity contribution in [2.75, 3.05) is 55.8 Å². The average molecular weight is 487 g/mol. The molecular formula is C21H25F3N4O4S. The largest absolute Gasteiger partial charge is 0.497 e. The molecule has 1 heterocycles. The number of amides is 2. The number of halogens is 3. The van der Waals surface area contributed by atoms with E-state index in [2.05, 4.69) is 15.5 Å². The van der Waals surface area contributed by atoms with Crippen LogP contribution in [-0.2, 0) is 16.2 Å². The molecule has 1 saturated heterocycles. The molecule has 2 aromatic rings. The molecule has 33 heavy (non-hydrogen) atoms. The van der Waals surface area contributed by atoms with Gasteiger partial charge < -0.3 is 20.3 Å². The Balaban J connectivity index is 1.45. The first-order chi connectivity index (χ1) is 15.6. The smallest absolute Gasteiger partial charge is 0.416 e. The number of piperazine rings is 1. The highest BCUT2D eigenvalue weighted by atomic mass is 32.2. The molecule has 2 amide bonds. The van der Waals surface area contributed by atoms with Crippen LogP contribution in [-0.4, -0.2) is 64.3 Å². The molecule has 0 spiro atoms. The van der Waals surface area contributed by atoms with Crippen LogP contribution < -0.4 is 20.3 Å². The number of methoxy groups -OCH3 is 1. The molecule has 0 radical (unpaired) electrons. The summed E-state index contributed by atoms with van der Waals surface area (Å²) in [5.41, 5.74) is 0.0391. The van der Waals surface area contributed by atoms with E-state index >= 15 is 0 Å². The molecule has 0 atom stereocenters. The Morgan fingerprint density at radius 2 is 1.73 bits per heavy atom. The zero-order valence-electron chi connectivity index (χ0n) is 17.9. The van der Waals surface area contributed by atoms with Crippen molar-refractivity contribution in [2.45, 2.75) is 6.18 Å². The summed E-state index contributed by atoms with van der Waals surface area (Å²) in [4.78, 5) is 14.0. The third-order valence-corrected chi connectivity index (χ3v) is 7.03. The van der Waals surface area contributed by atoms with E-state index in [-0.39, 0.29) is 18.0 Å². The van der Waals surface area contributed by atoms with Gasteiger partial charge in [-0.3, -0.25) is 0 Å². The number of nitrogens with zero attached hydrogens (tertiary/aromatic N) is 2. The molecule has 1 fully saturated rings. The Hall–Kier alpha value is -2.99. The molecule has 1 aliphatic rings. The second kappa shape index (κ2) is 10.3. The average Bonchev–Trinajstić information content (AvgIpc) is 2.79. The normalized spacial score (nSPS) is 15.2. The van der Waals surface area contributed by atoms with E-state index in [0.717, 1.165) is 23.6 Å². The van der Waals surface area contributed by atoms with Crippen molar-refractivity contribution in [3.8, 4) is 5.75 Å². The number of hydrogen-bond donors (Lipinski definition) is 2. The van der Waals surface area contributed by atoms with E-state index in [0.29, 0.717) is 26.2 Å². The molecule has 2 aromatic carbocycles. The predicted octanol–water partition coefficient (Wildman–Crippen LogP) is 2.99. The fourth-order valence-electron chi connectivity index (χ4n) is 3.39. The standard InChI is InChI=1S/C21H25F3N4O4S/c1-32-19-7-5-18(6-8-19)27-10-12-28(13-11-27)33(30,31)14-9-25-20(29)26-17-4-2-3-16(15-17)21(22,23)24/h2-8,15H,9-14H2,1H3,(H2,25,26,29). The number of ether oxygens (including phenoxy) is 1. The van der Waals surface area contributed by atoms with Crippen LogP contribution >= 0.6 is 0 Å². The van der Waals surface area contributed by atoms with Crippen LogP contribution in [0, 0.1) is 0 Å². The molecule has 180 valence electrons. The maximum absolute atomic E-state index is 12.8. The summed E-state index contributed by atoms with van der Waals surface area (Å²) >= 11 is 0. The number of urea groups is 1. The van der Waals surface area contributed by atoms with Gasteiger partial charge in [-0.25, -0.2) is 13.2 Å². The molecule has 8 nitrogen and oxygen atoms in total. The van der Waals surface area contributed by atoms with Crippen LogP contribution in [0.4, 0.5) is 29.3 Å². The summed E-state index contributed by atoms with van der Waals surface area (Å²) in [5.74, 6) is 0.426. The maximum atomic E-state index is 12.8. The molecule has 0 saturated carbocycles. The van der Waals surface area contributed by atoms with E-state index < -0.39 is 27.8 Å². The predicted molar refractivity (Wildman–Crippen MR) is 119 cm³/mol. The van der Waals surface area contributed by atoms with Crippen LogP contribution in [0.5, 0.6) is 5.75 Å². The quantitative estimate of drug-likeness (QED) is 0.628. The highest BCUT2D eigenvalue weighted by Crippen LogP contribution is 2.30. The lowest BCUT2D eigenvalue weighted by atomic mass is 10.2. The summed E-state index contributed by atoms with van der Waals surface area (Å²) in [7, 11) is -2.01. The summed E-state index contributed by atoms with van der Waals surface area (Å²) in [6, 6.07) is 10.9. The minimum absolute atomic E-state index is 0.0418. The second-order valence-electron chi connectivity index (χ2n) is 7.36. The summed E-state index contributed by atoms with van der Waals surface area (Å²) in [5, 5.41) is 4.65. The van der Waals surface area contributed by atoms with Crippen molar-refractivity contribution < 1.29 is 31.1 Å². The summed E-state index contributed by atoms with van der Waals surface area (Å²) < 4.78 is 70.0. The number of alkyl halides is 3. The molecule has 1 aliphatic heterocycles. The Morgan fingerprint density at radius 3 is 2.33 bits per heavy atom. The highest BCUT2D eigenvalue weighted by molar-refractivity contribution is 7.89. The molecule has 0 aromatic heterocycles. The summed E-state index contributed by atoms with van der Waals surface area (Å²) in [6.07, 6.45) is -4.53. The number of rotatable bonds is 7. The number of anilines is 2. The molecule has 3 rings (SSSR count). The molecule has 12 heteroatoms. The van der Waals surface area contributed by atoms with Crippen LogP contribution in [0.15, 0.2) is 48.5 Å². The van der Waals surface area contributed by atoms with Crippen molar-refractivity contribution in [3.63, 3.8) is 0 Å². The minimum Gasteiger partial charge on any atom is -0.497 e. The molecule has 2 N–H and O–H groups in total. The van der Waals surface area contributed by atoms with Gasteiger partial charge in [0.1, 0.15) is 5.75 Å². The van der Waals surface area contributed by atoms with Gasteiger partial charge in [-0.1, -0.05) is 6.07 Å². The molecule has 0 bridgehead atoms. The van der Waals surface area contributed by atoms with Crippen LogP contribution in [0.3, 0.4) is 0 Å². The Kier molecular flexibility index (Phi) is 7.69. The topological polar surface area (TPSA) is 91.0 Å². The SMILES string of the molecule is COc1ccc(N2CCN(S(=O)(=O)CCNC(=O)Nc3cccc(C(F)(F)F)c3)CC2)cc1. The van der Waals surface area contributed by atoms with Crippen molar-refractivity contribution in [1.29, 1.82) is 0 Å². The van der Waals surface area contributed by atoms with E-state index in [1.54, 1.807) is 7.11 Å². The van der Waals surface area contributed by atoms with Gasteiger partial charge in [0, 0.05) is 44.1 Å². The van der Waals surface area contributed by atoms with Gasteiger partial charge >= 0.3 is 12.2 Å². The van der Waals surface area contributed by atoms with E-state index in [4.69, 9.17) is 4.74 Å². The Labute approximate surface area is 190 Å². The minimum atomic E-state index is -4.53. The van der Waals surface area contributed by atoms with Crippen molar-refractivity contribution in [1.82, 2.24) is 9.62 Å². The highest BCUT2D eigenvalue weighted by Gasteiger charge is 2.30. The van der Waals surface area contributed by atoms with Crippen LogP contribution in [0.25, 0.3) is 0 Å². The third-order valence-electron chi connectivity index (χ3n) is 5.16.